The van der Waals surface area contributed by atoms with Crippen LogP contribution in [0.4, 0.5) is 0 Å². The van der Waals surface area contributed by atoms with Crippen molar-refractivity contribution in [3.8, 4) is 17.3 Å². The predicted octanol–water partition coefficient (Wildman–Crippen LogP) is 2.38. The fraction of sp³-hybridized carbons (Fsp3) is 0.0769. The molecule has 3 nitrogen and oxygen atoms in total. The van der Waals surface area contributed by atoms with Gasteiger partial charge in [-0.1, -0.05) is 12.1 Å². The van der Waals surface area contributed by atoms with E-state index < -0.39 is 0 Å². The first-order chi connectivity index (χ1) is 7.76. The number of carbonyl (C=O) groups excluding carboxylic acids is 1. The van der Waals surface area contributed by atoms with E-state index in [9.17, 15) is 4.79 Å². The molecule has 1 aromatic carbocycles. The quantitative estimate of drug-likeness (QED) is 0.714. The molecule has 0 aliphatic heterocycles. The van der Waals surface area contributed by atoms with E-state index in [2.05, 4.69) is 6.07 Å². The molecule has 0 aliphatic rings. The van der Waals surface area contributed by atoms with Crippen molar-refractivity contribution in [1.29, 1.82) is 5.26 Å². The standard InChI is InChI=1S/C13H10N2O/c1-15-12(9-16)6-7-13(15)11-4-2-10(8-14)3-5-11/h2-7,9H,1H3. The summed E-state index contributed by atoms with van der Waals surface area (Å²) in [5.41, 5.74) is 3.23. The first-order valence-corrected chi connectivity index (χ1v) is 4.87. The van der Waals surface area contributed by atoms with Crippen LogP contribution in [0.25, 0.3) is 11.3 Å². The highest BCUT2D eigenvalue weighted by molar-refractivity contribution is 5.76. The van der Waals surface area contributed by atoms with E-state index in [1.807, 2.05) is 29.8 Å². The summed E-state index contributed by atoms with van der Waals surface area (Å²) in [6.45, 7) is 0. The Morgan fingerprint density at radius 3 is 2.38 bits per heavy atom. The largest absolute Gasteiger partial charge is 0.341 e. The Labute approximate surface area is 93.6 Å². The summed E-state index contributed by atoms with van der Waals surface area (Å²) >= 11 is 0. The average Bonchev–Trinajstić information content (AvgIpc) is 2.70. The van der Waals surface area contributed by atoms with Gasteiger partial charge in [-0.15, -0.1) is 0 Å². The second-order valence-electron chi connectivity index (χ2n) is 3.51. The lowest BCUT2D eigenvalue weighted by Crippen LogP contribution is -1.96. The summed E-state index contributed by atoms with van der Waals surface area (Å²) in [4.78, 5) is 10.7. The van der Waals surface area contributed by atoms with Crippen molar-refractivity contribution in [3.05, 3.63) is 47.7 Å². The lowest BCUT2D eigenvalue weighted by Gasteiger charge is -2.04. The van der Waals surface area contributed by atoms with E-state index in [-0.39, 0.29) is 0 Å². The number of benzene rings is 1. The Hall–Kier alpha value is -2.34. The van der Waals surface area contributed by atoms with Gasteiger partial charge in [0.25, 0.3) is 0 Å². The SMILES string of the molecule is Cn1c(C=O)ccc1-c1ccc(C#N)cc1. The number of nitriles is 1. The summed E-state index contributed by atoms with van der Waals surface area (Å²) in [5.74, 6) is 0. The molecule has 2 aromatic rings. The van der Waals surface area contributed by atoms with Crippen LogP contribution < -0.4 is 0 Å². The van der Waals surface area contributed by atoms with Crippen molar-refractivity contribution in [2.45, 2.75) is 0 Å². The number of aromatic nitrogens is 1. The van der Waals surface area contributed by atoms with Gasteiger partial charge in [0.1, 0.15) is 0 Å². The van der Waals surface area contributed by atoms with Crippen LogP contribution >= 0.6 is 0 Å². The molecule has 0 fully saturated rings. The summed E-state index contributed by atoms with van der Waals surface area (Å²) in [6, 6.07) is 13.0. The molecule has 1 heterocycles. The minimum atomic E-state index is 0.633. The molecule has 0 unspecified atom stereocenters. The van der Waals surface area contributed by atoms with Gasteiger partial charge in [-0.25, -0.2) is 0 Å². The lowest BCUT2D eigenvalue weighted by atomic mass is 10.1. The maximum Gasteiger partial charge on any atom is 0.166 e. The Kier molecular flexibility index (Phi) is 2.57. The van der Waals surface area contributed by atoms with Crippen molar-refractivity contribution in [2.24, 2.45) is 7.05 Å². The van der Waals surface area contributed by atoms with Gasteiger partial charge in [-0.2, -0.15) is 5.26 Å². The zero-order valence-electron chi connectivity index (χ0n) is 8.84. The highest BCUT2D eigenvalue weighted by atomic mass is 16.1. The summed E-state index contributed by atoms with van der Waals surface area (Å²) in [6.07, 6.45) is 0.827. The monoisotopic (exact) mass is 210 g/mol. The number of hydrogen-bond acceptors (Lipinski definition) is 2. The van der Waals surface area contributed by atoms with E-state index in [0.717, 1.165) is 17.5 Å². The van der Waals surface area contributed by atoms with Crippen LogP contribution in [0.1, 0.15) is 16.1 Å². The van der Waals surface area contributed by atoms with Gasteiger partial charge < -0.3 is 4.57 Å². The Morgan fingerprint density at radius 1 is 1.19 bits per heavy atom. The zero-order valence-corrected chi connectivity index (χ0v) is 8.84. The van der Waals surface area contributed by atoms with Crippen molar-refractivity contribution in [1.82, 2.24) is 4.57 Å². The molecular formula is C13H10N2O. The minimum absolute atomic E-state index is 0.633. The van der Waals surface area contributed by atoms with Crippen LogP contribution in [0.5, 0.6) is 0 Å². The van der Waals surface area contributed by atoms with Crippen molar-refractivity contribution >= 4 is 6.29 Å². The van der Waals surface area contributed by atoms with Gasteiger partial charge >= 0.3 is 0 Å². The Balaban J connectivity index is 2.47. The van der Waals surface area contributed by atoms with E-state index in [0.29, 0.717) is 11.3 Å². The van der Waals surface area contributed by atoms with Gasteiger partial charge in [-0.05, 0) is 29.8 Å². The Bertz CT molecular complexity index is 559. The topological polar surface area (TPSA) is 45.8 Å². The number of aldehydes is 1. The molecule has 16 heavy (non-hydrogen) atoms. The van der Waals surface area contributed by atoms with E-state index in [1.54, 1.807) is 18.2 Å². The molecule has 0 bridgehead atoms. The zero-order chi connectivity index (χ0) is 11.5. The minimum Gasteiger partial charge on any atom is -0.341 e. The molecule has 0 amide bonds. The van der Waals surface area contributed by atoms with Crippen molar-refractivity contribution < 1.29 is 4.79 Å². The summed E-state index contributed by atoms with van der Waals surface area (Å²) in [5, 5.41) is 8.69. The second-order valence-corrected chi connectivity index (χ2v) is 3.51. The number of carbonyl (C=O) groups is 1. The third kappa shape index (κ3) is 1.61. The number of rotatable bonds is 2. The smallest absolute Gasteiger partial charge is 0.166 e. The molecule has 0 spiro atoms. The summed E-state index contributed by atoms with van der Waals surface area (Å²) in [7, 11) is 1.84. The van der Waals surface area contributed by atoms with Crippen LogP contribution in [0, 0.1) is 11.3 Å². The third-order valence-electron chi connectivity index (χ3n) is 2.59. The van der Waals surface area contributed by atoms with Crippen LogP contribution in [0.15, 0.2) is 36.4 Å². The Morgan fingerprint density at radius 2 is 1.88 bits per heavy atom. The fourth-order valence-corrected chi connectivity index (χ4v) is 1.65. The van der Waals surface area contributed by atoms with E-state index in [1.165, 1.54) is 0 Å². The van der Waals surface area contributed by atoms with Crippen LogP contribution in [0.2, 0.25) is 0 Å². The molecule has 0 atom stereocenters. The fourth-order valence-electron chi connectivity index (χ4n) is 1.65. The molecule has 0 N–H and O–H groups in total. The number of nitrogens with zero attached hydrogens (tertiary/aromatic N) is 2. The van der Waals surface area contributed by atoms with Crippen LogP contribution in [-0.4, -0.2) is 10.9 Å². The van der Waals surface area contributed by atoms with Crippen LogP contribution in [-0.2, 0) is 7.05 Å². The molecule has 0 saturated carbocycles. The van der Waals surface area contributed by atoms with E-state index in [4.69, 9.17) is 5.26 Å². The lowest BCUT2D eigenvalue weighted by molar-refractivity contribution is 0.111. The maximum absolute atomic E-state index is 10.7. The van der Waals surface area contributed by atoms with Crippen LogP contribution in [0.3, 0.4) is 0 Å². The predicted molar refractivity (Wildman–Crippen MR) is 61.0 cm³/mol. The first-order valence-electron chi connectivity index (χ1n) is 4.87. The average molecular weight is 210 g/mol. The van der Waals surface area contributed by atoms with Gasteiger partial charge in [0.15, 0.2) is 6.29 Å². The highest BCUT2D eigenvalue weighted by Crippen LogP contribution is 2.21. The highest BCUT2D eigenvalue weighted by Gasteiger charge is 2.05. The number of hydrogen-bond donors (Lipinski definition) is 0. The van der Waals surface area contributed by atoms with Gasteiger partial charge in [0, 0.05) is 12.7 Å². The molecular weight excluding hydrogens is 200 g/mol. The molecule has 0 saturated heterocycles. The van der Waals surface area contributed by atoms with Gasteiger partial charge in [-0.3, -0.25) is 4.79 Å². The molecule has 78 valence electrons. The summed E-state index contributed by atoms with van der Waals surface area (Å²) < 4.78 is 1.83. The normalized spacial score (nSPS) is 9.75. The molecule has 0 radical (unpaired) electrons. The maximum atomic E-state index is 10.7. The van der Waals surface area contributed by atoms with E-state index >= 15 is 0 Å². The van der Waals surface area contributed by atoms with Crippen molar-refractivity contribution in [2.75, 3.05) is 0 Å². The van der Waals surface area contributed by atoms with Gasteiger partial charge in [0.05, 0.1) is 17.3 Å². The molecule has 3 heteroatoms. The molecule has 2 rings (SSSR count). The van der Waals surface area contributed by atoms with Crippen molar-refractivity contribution in [3.63, 3.8) is 0 Å². The van der Waals surface area contributed by atoms with Gasteiger partial charge in [0.2, 0.25) is 0 Å². The molecule has 0 aliphatic carbocycles. The molecule has 1 aromatic heterocycles. The third-order valence-corrected chi connectivity index (χ3v) is 2.59. The second kappa shape index (κ2) is 4.03. The first kappa shape index (κ1) is 10.2.